The van der Waals surface area contributed by atoms with Gasteiger partial charge in [-0.05, 0) is 0 Å². The van der Waals surface area contributed by atoms with E-state index in [1.807, 2.05) is 0 Å². The van der Waals surface area contributed by atoms with Crippen molar-refractivity contribution in [3.8, 4) is 0 Å². The predicted molar refractivity (Wildman–Crippen MR) is 51.2 cm³/mol. The molecule has 0 amide bonds. The summed E-state index contributed by atoms with van der Waals surface area (Å²) in [4.78, 5) is 11.2. The van der Waals surface area contributed by atoms with Gasteiger partial charge >= 0.3 is 12.1 Å². The molecule has 1 aliphatic heterocycles. The van der Waals surface area contributed by atoms with Crippen LogP contribution in [0.3, 0.4) is 0 Å². The average Bonchev–Trinajstić information content (AvgIpc) is 2.75. The van der Waals surface area contributed by atoms with E-state index in [1.54, 1.807) is 0 Å². The minimum atomic E-state index is -4.54. The highest BCUT2D eigenvalue weighted by Gasteiger charge is 2.38. The molecule has 1 aromatic heterocycles. The van der Waals surface area contributed by atoms with Crippen LogP contribution < -0.4 is 0 Å². The molecule has 0 spiro atoms. The Morgan fingerprint density at radius 3 is 2.65 bits per heavy atom. The zero-order chi connectivity index (χ0) is 12.6. The van der Waals surface area contributed by atoms with Crippen LogP contribution in [-0.2, 0) is 22.8 Å². The fraction of sp³-hybridized carbons (Fsp3) is 0.625. The minimum absolute atomic E-state index is 0.0566. The molecular weight excluding hydrogens is 259 g/mol. The van der Waals surface area contributed by atoms with E-state index < -0.39 is 23.2 Å². The first kappa shape index (κ1) is 12.2. The summed E-state index contributed by atoms with van der Waals surface area (Å²) in [5, 5.41) is 6.05. The van der Waals surface area contributed by atoms with Crippen LogP contribution in [0.15, 0.2) is 5.16 Å². The number of aromatic nitrogens is 3. The zero-order valence-electron chi connectivity index (χ0n) is 8.69. The standard InChI is InChI=1S/C8H8F3N3O2S/c1-14-6(8(9,10)11)12-13-7(14)17-4-2-3-16-5(4)15/h4H,2-3H2,1H3/t4-/m0/s1. The predicted octanol–water partition coefficient (Wildman–Crippen LogP) is 1.24. The number of hydrogen-bond acceptors (Lipinski definition) is 5. The van der Waals surface area contributed by atoms with Crippen molar-refractivity contribution in [2.24, 2.45) is 7.05 Å². The number of rotatable bonds is 2. The quantitative estimate of drug-likeness (QED) is 0.755. The first-order valence-electron chi connectivity index (χ1n) is 4.69. The van der Waals surface area contributed by atoms with E-state index in [0.29, 0.717) is 13.0 Å². The topological polar surface area (TPSA) is 57.0 Å². The van der Waals surface area contributed by atoms with Gasteiger partial charge in [-0.25, -0.2) is 0 Å². The van der Waals surface area contributed by atoms with E-state index in [9.17, 15) is 18.0 Å². The molecule has 0 radical (unpaired) electrons. The van der Waals surface area contributed by atoms with E-state index >= 15 is 0 Å². The van der Waals surface area contributed by atoms with Crippen LogP contribution in [0.5, 0.6) is 0 Å². The lowest BCUT2D eigenvalue weighted by Gasteiger charge is -2.07. The zero-order valence-corrected chi connectivity index (χ0v) is 9.51. The third-order valence-electron chi connectivity index (χ3n) is 2.22. The lowest BCUT2D eigenvalue weighted by Crippen LogP contribution is -2.14. The van der Waals surface area contributed by atoms with Crippen molar-refractivity contribution in [2.75, 3.05) is 6.61 Å². The summed E-state index contributed by atoms with van der Waals surface area (Å²) >= 11 is 0.938. The lowest BCUT2D eigenvalue weighted by molar-refractivity contribution is -0.147. The maximum absolute atomic E-state index is 12.4. The van der Waals surface area contributed by atoms with E-state index in [2.05, 4.69) is 10.2 Å². The SMILES string of the molecule is Cn1c(S[C@H]2CCOC2=O)nnc1C(F)(F)F. The van der Waals surface area contributed by atoms with Gasteiger partial charge in [0.25, 0.3) is 0 Å². The second-order valence-corrected chi connectivity index (χ2v) is 4.60. The van der Waals surface area contributed by atoms with Gasteiger partial charge in [-0.15, -0.1) is 10.2 Å². The second kappa shape index (κ2) is 4.21. The number of hydrogen-bond donors (Lipinski definition) is 0. The van der Waals surface area contributed by atoms with Crippen molar-refractivity contribution < 1.29 is 22.7 Å². The first-order chi connectivity index (χ1) is 7.89. The molecule has 0 aliphatic carbocycles. The fourth-order valence-corrected chi connectivity index (χ4v) is 2.34. The minimum Gasteiger partial charge on any atom is -0.465 e. The Morgan fingerprint density at radius 2 is 2.18 bits per heavy atom. The van der Waals surface area contributed by atoms with Crippen molar-refractivity contribution in [2.45, 2.75) is 23.0 Å². The number of nitrogens with zero attached hydrogens (tertiary/aromatic N) is 3. The average molecular weight is 267 g/mol. The van der Waals surface area contributed by atoms with Crippen molar-refractivity contribution in [1.29, 1.82) is 0 Å². The first-order valence-corrected chi connectivity index (χ1v) is 5.57. The van der Waals surface area contributed by atoms with Crippen molar-refractivity contribution >= 4 is 17.7 Å². The van der Waals surface area contributed by atoms with Gasteiger partial charge in [0.1, 0.15) is 5.25 Å². The molecule has 5 nitrogen and oxygen atoms in total. The van der Waals surface area contributed by atoms with Gasteiger partial charge < -0.3 is 9.30 Å². The van der Waals surface area contributed by atoms with Gasteiger partial charge in [-0.3, -0.25) is 4.79 Å². The van der Waals surface area contributed by atoms with Crippen LogP contribution in [0, 0.1) is 0 Å². The highest BCUT2D eigenvalue weighted by atomic mass is 32.2. The summed E-state index contributed by atoms with van der Waals surface area (Å²) in [5.74, 6) is -1.50. The Kier molecular flexibility index (Phi) is 3.02. The van der Waals surface area contributed by atoms with Gasteiger partial charge in [0.15, 0.2) is 5.16 Å². The summed E-state index contributed by atoms with van der Waals surface area (Å²) in [7, 11) is 1.21. The summed E-state index contributed by atoms with van der Waals surface area (Å²) in [6, 6.07) is 0. The molecule has 9 heteroatoms. The Bertz CT molecular complexity index is 446. The Hall–Kier alpha value is -1.25. The Labute approximate surface area is 98.3 Å². The van der Waals surface area contributed by atoms with Crippen LogP contribution in [0.2, 0.25) is 0 Å². The Balaban J connectivity index is 2.18. The highest BCUT2D eigenvalue weighted by Crippen LogP contribution is 2.32. The van der Waals surface area contributed by atoms with Gasteiger partial charge in [-0.1, -0.05) is 11.8 Å². The number of halogens is 3. The summed E-state index contributed by atoms with van der Waals surface area (Å²) in [6.45, 7) is 0.292. The van der Waals surface area contributed by atoms with Crippen LogP contribution in [0.25, 0.3) is 0 Å². The molecule has 0 bridgehead atoms. The molecule has 1 aromatic rings. The van der Waals surface area contributed by atoms with Crippen LogP contribution in [-0.4, -0.2) is 32.6 Å². The van der Waals surface area contributed by atoms with E-state index in [0.717, 1.165) is 16.3 Å². The Morgan fingerprint density at radius 1 is 1.47 bits per heavy atom. The van der Waals surface area contributed by atoms with Gasteiger partial charge in [-0.2, -0.15) is 13.2 Å². The summed E-state index contributed by atoms with van der Waals surface area (Å²) in [5.41, 5.74) is 0. The van der Waals surface area contributed by atoms with Crippen LogP contribution in [0.4, 0.5) is 13.2 Å². The molecular formula is C8H8F3N3O2S. The van der Waals surface area contributed by atoms with Gasteiger partial charge in [0.2, 0.25) is 5.82 Å². The number of esters is 1. The molecule has 1 saturated heterocycles. The van der Waals surface area contributed by atoms with Crippen molar-refractivity contribution in [1.82, 2.24) is 14.8 Å². The third kappa shape index (κ3) is 2.38. The third-order valence-corrected chi connectivity index (χ3v) is 3.50. The molecule has 0 saturated carbocycles. The van der Waals surface area contributed by atoms with Crippen molar-refractivity contribution in [3.05, 3.63) is 5.82 Å². The van der Waals surface area contributed by atoms with Gasteiger partial charge in [0, 0.05) is 13.5 Å². The molecule has 94 valence electrons. The van der Waals surface area contributed by atoms with Crippen LogP contribution >= 0.6 is 11.8 Å². The summed E-state index contributed by atoms with van der Waals surface area (Å²) in [6.07, 6.45) is -4.07. The van der Waals surface area contributed by atoms with Crippen molar-refractivity contribution in [3.63, 3.8) is 0 Å². The molecule has 2 heterocycles. The fourth-order valence-electron chi connectivity index (χ4n) is 1.38. The number of ether oxygens (including phenoxy) is 1. The smallest absolute Gasteiger partial charge is 0.451 e. The van der Waals surface area contributed by atoms with Crippen LogP contribution in [0.1, 0.15) is 12.2 Å². The molecule has 1 fully saturated rings. The lowest BCUT2D eigenvalue weighted by atomic mass is 10.4. The number of carbonyl (C=O) groups excluding carboxylic acids is 1. The van der Waals surface area contributed by atoms with E-state index in [4.69, 9.17) is 4.74 Å². The summed E-state index contributed by atoms with van der Waals surface area (Å²) < 4.78 is 42.8. The number of thioether (sulfide) groups is 1. The maximum Gasteiger partial charge on any atom is 0.451 e. The monoisotopic (exact) mass is 267 g/mol. The molecule has 2 rings (SSSR count). The number of cyclic esters (lactones) is 1. The normalized spacial score (nSPS) is 20.7. The molecule has 17 heavy (non-hydrogen) atoms. The molecule has 0 N–H and O–H groups in total. The molecule has 1 aliphatic rings. The maximum atomic E-state index is 12.4. The highest BCUT2D eigenvalue weighted by molar-refractivity contribution is 8.00. The largest absolute Gasteiger partial charge is 0.465 e. The number of alkyl halides is 3. The molecule has 1 atom stereocenters. The molecule has 0 unspecified atom stereocenters. The van der Waals surface area contributed by atoms with E-state index in [1.165, 1.54) is 7.05 Å². The van der Waals surface area contributed by atoms with E-state index in [-0.39, 0.29) is 5.16 Å². The van der Waals surface area contributed by atoms with Gasteiger partial charge in [0.05, 0.1) is 6.61 Å². The second-order valence-electron chi connectivity index (χ2n) is 3.43. The molecule has 0 aromatic carbocycles. The number of carbonyl (C=O) groups is 1.